The zero-order valence-corrected chi connectivity index (χ0v) is 17.3. The van der Waals surface area contributed by atoms with Gasteiger partial charge < -0.3 is 24.8 Å². The Labute approximate surface area is 185 Å². The molecule has 2 N–H and O–H groups in total. The van der Waals surface area contributed by atoms with E-state index in [1.165, 1.54) is 29.0 Å². The molecule has 1 saturated heterocycles. The molecule has 1 atom stereocenters. The van der Waals surface area contributed by atoms with Gasteiger partial charge >= 0.3 is 6.18 Å². The average molecular weight is 463 g/mol. The van der Waals surface area contributed by atoms with Crippen molar-refractivity contribution in [2.75, 3.05) is 43.1 Å². The van der Waals surface area contributed by atoms with E-state index >= 15 is 0 Å². The summed E-state index contributed by atoms with van der Waals surface area (Å²) in [7, 11) is 0. The molecule has 0 spiro atoms. The van der Waals surface area contributed by atoms with Crippen LogP contribution in [0.3, 0.4) is 0 Å². The van der Waals surface area contributed by atoms with E-state index in [0.29, 0.717) is 43.3 Å². The second-order valence-electron chi connectivity index (χ2n) is 7.91. The molecule has 0 aliphatic carbocycles. The fourth-order valence-electron chi connectivity index (χ4n) is 4.08. The van der Waals surface area contributed by atoms with Crippen molar-refractivity contribution >= 4 is 22.9 Å². The summed E-state index contributed by atoms with van der Waals surface area (Å²) in [5.41, 5.74) is -1.07. The Morgan fingerprint density at radius 3 is 2.79 bits per heavy atom. The number of anilines is 2. The van der Waals surface area contributed by atoms with Crippen LogP contribution in [0.1, 0.15) is 15.9 Å². The minimum atomic E-state index is -4.77. The lowest BCUT2D eigenvalue weighted by Gasteiger charge is -2.31. The lowest BCUT2D eigenvalue weighted by molar-refractivity contribution is -0.252. The number of amides is 1. The second kappa shape index (κ2) is 7.89. The van der Waals surface area contributed by atoms with Gasteiger partial charge in [-0.25, -0.2) is 9.50 Å². The quantitative estimate of drug-likeness (QED) is 0.611. The summed E-state index contributed by atoms with van der Waals surface area (Å²) in [6, 6.07) is 4.63. The fraction of sp³-hybridized carbons (Fsp3) is 0.381. The number of nitrogens with one attached hydrogen (secondary N) is 1. The van der Waals surface area contributed by atoms with Gasteiger partial charge in [-0.05, 0) is 12.1 Å². The maximum absolute atomic E-state index is 13.7. The predicted molar refractivity (Wildman–Crippen MR) is 111 cm³/mol. The second-order valence-corrected chi connectivity index (χ2v) is 7.91. The molecule has 4 heterocycles. The number of alkyl halides is 3. The summed E-state index contributed by atoms with van der Waals surface area (Å²) in [5.74, 6) is -0.472. The molecule has 33 heavy (non-hydrogen) atoms. The van der Waals surface area contributed by atoms with Crippen molar-refractivity contribution < 1.29 is 32.5 Å². The third-order valence-corrected chi connectivity index (χ3v) is 5.86. The van der Waals surface area contributed by atoms with Crippen molar-refractivity contribution in [1.29, 1.82) is 0 Å². The molecule has 1 aromatic carbocycles. The maximum Gasteiger partial charge on any atom is 0.430 e. The van der Waals surface area contributed by atoms with Crippen molar-refractivity contribution in [2.24, 2.45) is 0 Å². The summed E-state index contributed by atoms with van der Waals surface area (Å²) < 4.78 is 53.1. The van der Waals surface area contributed by atoms with Gasteiger partial charge in [0.25, 0.3) is 5.91 Å². The van der Waals surface area contributed by atoms with Gasteiger partial charge in [0.1, 0.15) is 11.3 Å². The lowest BCUT2D eigenvalue weighted by atomic mass is 9.96. The zero-order chi connectivity index (χ0) is 23.2. The molecule has 0 unspecified atom stereocenters. The van der Waals surface area contributed by atoms with Crippen molar-refractivity contribution in [2.45, 2.75) is 18.2 Å². The van der Waals surface area contributed by atoms with E-state index in [0.717, 1.165) is 0 Å². The summed E-state index contributed by atoms with van der Waals surface area (Å²) in [4.78, 5) is 19.1. The van der Waals surface area contributed by atoms with Gasteiger partial charge in [-0.3, -0.25) is 4.79 Å². The van der Waals surface area contributed by atoms with Crippen molar-refractivity contribution in [3.63, 3.8) is 0 Å². The average Bonchev–Trinajstić information content (AvgIpc) is 3.41. The van der Waals surface area contributed by atoms with Crippen LogP contribution in [-0.4, -0.2) is 70.3 Å². The molecule has 174 valence electrons. The number of aliphatic hydroxyl groups excluding tert-OH is 1. The molecule has 3 aromatic rings. The van der Waals surface area contributed by atoms with E-state index in [9.17, 15) is 23.1 Å². The molecule has 0 saturated carbocycles. The summed E-state index contributed by atoms with van der Waals surface area (Å²) >= 11 is 0. The third-order valence-electron chi connectivity index (χ3n) is 5.86. The first-order chi connectivity index (χ1) is 15.8. The molecule has 0 radical (unpaired) electrons. The fourth-order valence-corrected chi connectivity index (χ4v) is 4.08. The normalized spacial score (nSPS) is 20.5. The SMILES string of the molecule is O=C(Nc1cc2c(cc1N1CCOCC1)O[C@@](CO)(C(F)(F)F)C2)c1cnn2cccnc12. The first-order valence-corrected chi connectivity index (χ1v) is 10.3. The molecule has 9 nitrogen and oxygen atoms in total. The van der Waals surface area contributed by atoms with Gasteiger partial charge in [-0.15, -0.1) is 0 Å². The number of benzene rings is 1. The predicted octanol–water partition coefficient (Wildman–Crippen LogP) is 2.05. The smallest absolute Gasteiger partial charge is 0.430 e. The van der Waals surface area contributed by atoms with Crippen LogP contribution in [0, 0.1) is 0 Å². The lowest BCUT2D eigenvalue weighted by Crippen LogP contribution is -2.52. The van der Waals surface area contributed by atoms with Crippen LogP contribution in [0.15, 0.2) is 36.8 Å². The molecule has 12 heteroatoms. The molecular weight excluding hydrogens is 443 g/mol. The first kappa shape index (κ1) is 21.5. The number of aromatic nitrogens is 3. The van der Waals surface area contributed by atoms with Gasteiger partial charge in [0, 0.05) is 43.5 Å². The Kier molecular flexibility index (Phi) is 5.13. The van der Waals surface area contributed by atoms with E-state index in [1.807, 2.05) is 4.90 Å². The van der Waals surface area contributed by atoms with E-state index < -0.39 is 30.7 Å². The molecule has 5 rings (SSSR count). The van der Waals surface area contributed by atoms with Crippen LogP contribution in [0.4, 0.5) is 24.5 Å². The number of ether oxygens (including phenoxy) is 2. The Bertz CT molecular complexity index is 1210. The van der Waals surface area contributed by atoms with Crippen LogP contribution in [0.25, 0.3) is 5.65 Å². The number of fused-ring (bicyclic) bond motifs is 2. The minimum absolute atomic E-state index is 0.0264. The number of aliphatic hydroxyl groups is 1. The molecular formula is C21H20F3N5O4. The van der Waals surface area contributed by atoms with Crippen molar-refractivity contribution in [3.05, 3.63) is 47.9 Å². The number of halogens is 3. The van der Waals surface area contributed by atoms with Crippen LogP contribution in [0.2, 0.25) is 0 Å². The third kappa shape index (κ3) is 3.64. The highest BCUT2D eigenvalue weighted by Gasteiger charge is 2.60. The topological polar surface area (TPSA) is 101 Å². The zero-order valence-electron chi connectivity index (χ0n) is 17.3. The number of morpholine rings is 1. The largest absolute Gasteiger partial charge is 0.475 e. The Morgan fingerprint density at radius 1 is 1.27 bits per heavy atom. The summed E-state index contributed by atoms with van der Waals surface area (Å²) in [6.07, 6.45) is -0.774. The number of hydrogen-bond acceptors (Lipinski definition) is 7. The Balaban J connectivity index is 1.53. The molecule has 1 amide bonds. The highest BCUT2D eigenvalue weighted by atomic mass is 19.4. The van der Waals surface area contributed by atoms with Gasteiger partial charge in [-0.1, -0.05) is 0 Å². The molecule has 1 fully saturated rings. The molecule has 0 bridgehead atoms. The van der Waals surface area contributed by atoms with E-state index in [-0.39, 0.29) is 16.9 Å². The maximum atomic E-state index is 13.7. The first-order valence-electron chi connectivity index (χ1n) is 10.3. The number of nitrogens with zero attached hydrogens (tertiary/aromatic N) is 4. The minimum Gasteiger partial charge on any atom is -0.475 e. The number of carbonyl (C=O) groups is 1. The van der Waals surface area contributed by atoms with Gasteiger partial charge in [-0.2, -0.15) is 18.3 Å². The van der Waals surface area contributed by atoms with Gasteiger partial charge in [0.2, 0.25) is 5.60 Å². The monoisotopic (exact) mass is 463 g/mol. The highest BCUT2D eigenvalue weighted by Crippen LogP contribution is 2.47. The van der Waals surface area contributed by atoms with Gasteiger partial charge in [0.05, 0.1) is 37.4 Å². The summed E-state index contributed by atoms with van der Waals surface area (Å²) in [5, 5.41) is 16.4. The van der Waals surface area contributed by atoms with Crippen molar-refractivity contribution in [3.8, 4) is 5.75 Å². The van der Waals surface area contributed by atoms with Gasteiger partial charge in [0.15, 0.2) is 5.65 Å². The van der Waals surface area contributed by atoms with Crippen LogP contribution < -0.4 is 15.0 Å². The molecule has 2 aromatic heterocycles. The van der Waals surface area contributed by atoms with E-state index in [2.05, 4.69) is 15.4 Å². The number of hydrogen-bond donors (Lipinski definition) is 2. The van der Waals surface area contributed by atoms with Crippen LogP contribution in [0.5, 0.6) is 5.75 Å². The standard InChI is InChI=1S/C21H20F3N5O4/c22-21(23,24)20(12-30)10-13-8-15(16(9-17(13)33-20)28-4-6-32-7-5-28)27-19(31)14-11-26-29-3-1-2-25-18(14)29/h1-3,8-9,11,30H,4-7,10,12H2,(H,27,31)/t20-/m0/s1. The van der Waals surface area contributed by atoms with E-state index in [4.69, 9.17) is 9.47 Å². The van der Waals surface area contributed by atoms with Crippen molar-refractivity contribution in [1.82, 2.24) is 14.6 Å². The summed E-state index contributed by atoms with van der Waals surface area (Å²) in [6.45, 7) is 0.640. The highest BCUT2D eigenvalue weighted by molar-refractivity contribution is 6.09. The number of rotatable bonds is 4. The molecule has 2 aliphatic heterocycles. The molecule has 2 aliphatic rings. The Hall–Kier alpha value is -3.38. The number of carbonyl (C=O) groups excluding carboxylic acids is 1. The van der Waals surface area contributed by atoms with E-state index in [1.54, 1.807) is 12.3 Å². The van der Waals surface area contributed by atoms with Crippen LogP contribution >= 0.6 is 0 Å². The van der Waals surface area contributed by atoms with Crippen LogP contribution in [-0.2, 0) is 11.2 Å². The Morgan fingerprint density at radius 2 is 2.06 bits per heavy atom.